The van der Waals surface area contributed by atoms with Crippen LogP contribution in [0.15, 0.2) is 0 Å². The van der Waals surface area contributed by atoms with Crippen LogP contribution in [0.2, 0.25) is 0 Å². The lowest BCUT2D eigenvalue weighted by Gasteiger charge is -2.28. The van der Waals surface area contributed by atoms with Gasteiger partial charge in [0.1, 0.15) is 0 Å². The number of methoxy groups -OCH3 is 1. The zero-order valence-corrected chi connectivity index (χ0v) is 14.4. The van der Waals surface area contributed by atoms with E-state index in [1.54, 1.807) is 14.2 Å². The van der Waals surface area contributed by atoms with Crippen molar-refractivity contribution < 1.29 is 13.2 Å². The Morgan fingerprint density at radius 3 is 2.40 bits per heavy atom. The smallest absolute Gasteiger partial charge is 0.281 e. The molecule has 0 bridgehead atoms. The second kappa shape index (κ2) is 10.5. The van der Waals surface area contributed by atoms with Gasteiger partial charge in [0.2, 0.25) is 0 Å². The first-order valence-electron chi connectivity index (χ1n) is 7.27. The van der Waals surface area contributed by atoms with Crippen molar-refractivity contribution in [3.8, 4) is 0 Å². The molecule has 0 aromatic carbocycles. The van der Waals surface area contributed by atoms with E-state index < -0.39 is 10.2 Å². The SMILES string of the molecule is CCNCCCN(C)S(=O)(=O)N(CCOC)CC(C)C. The minimum Gasteiger partial charge on any atom is -0.383 e. The third kappa shape index (κ3) is 7.54. The van der Waals surface area contributed by atoms with Gasteiger partial charge < -0.3 is 10.1 Å². The molecule has 0 atom stereocenters. The maximum atomic E-state index is 12.5. The van der Waals surface area contributed by atoms with E-state index in [0.29, 0.717) is 26.2 Å². The summed E-state index contributed by atoms with van der Waals surface area (Å²) >= 11 is 0. The number of nitrogens with zero attached hydrogens (tertiary/aromatic N) is 2. The number of rotatable bonds is 12. The fourth-order valence-electron chi connectivity index (χ4n) is 1.82. The fourth-order valence-corrected chi connectivity index (χ4v) is 3.36. The van der Waals surface area contributed by atoms with Crippen molar-refractivity contribution in [3.63, 3.8) is 0 Å². The highest BCUT2D eigenvalue weighted by molar-refractivity contribution is 7.86. The normalized spacial score (nSPS) is 12.8. The summed E-state index contributed by atoms with van der Waals surface area (Å²) in [6.07, 6.45) is 0.809. The molecule has 0 saturated heterocycles. The highest BCUT2D eigenvalue weighted by Gasteiger charge is 2.26. The Morgan fingerprint density at radius 1 is 1.25 bits per heavy atom. The standard InChI is InChI=1S/C13H31N3O3S/c1-6-14-8-7-9-15(4)20(17,18)16(10-11-19-5)12-13(2)3/h13-14H,6-12H2,1-5H3. The number of nitrogens with one attached hydrogen (secondary N) is 1. The van der Waals surface area contributed by atoms with Crippen molar-refractivity contribution in [2.45, 2.75) is 27.2 Å². The molecule has 0 radical (unpaired) electrons. The van der Waals surface area contributed by atoms with Gasteiger partial charge in [0, 0.05) is 33.8 Å². The van der Waals surface area contributed by atoms with Crippen LogP contribution in [0.25, 0.3) is 0 Å². The van der Waals surface area contributed by atoms with Crippen molar-refractivity contribution >= 4 is 10.2 Å². The minimum absolute atomic E-state index is 0.289. The van der Waals surface area contributed by atoms with Gasteiger partial charge in [0.25, 0.3) is 10.2 Å². The molecule has 0 spiro atoms. The van der Waals surface area contributed by atoms with E-state index in [-0.39, 0.29) is 5.92 Å². The molecule has 1 N–H and O–H groups in total. The quantitative estimate of drug-likeness (QED) is 0.541. The Labute approximate surface area is 124 Å². The van der Waals surface area contributed by atoms with Gasteiger partial charge in [0.15, 0.2) is 0 Å². The lowest BCUT2D eigenvalue weighted by atomic mass is 10.2. The van der Waals surface area contributed by atoms with Crippen LogP contribution in [0, 0.1) is 5.92 Å². The third-order valence-electron chi connectivity index (χ3n) is 2.91. The third-order valence-corrected chi connectivity index (χ3v) is 4.86. The highest BCUT2D eigenvalue weighted by Crippen LogP contribution is 2.10. The summed E-state index contributed by atoms with van der Waals surface area (Å²) < 4.78 is 33.0. The minimum atomic E-state index is -3.40. The molecule has 0 saturated carbocycles. The van der Waals surface area contributed by atoms with Crippen LogP contribution in [0.1, 0.15) is 27.2 Å². The Hall–Kier alpha value is -0.210. The average Bonchev–Trinajstić information content (AvgIpc) is 2.38. The van der Waals surface area contributed by atoms with E-state index in [9.17, 15) is 8.42 Å². The van der Waals surface area contributed by atoms with Gasteiger partial charge in [-0.1, -0.05) is 20.8 Å². The first-order chi connectivity index (χ1) is 9.36. The van der Waals surface area contributed by atoms with Gasteiger partial charge in [-0.05, 0) is 25.4 Å². The van der Waals surface area contributed by atoms with Gasteiger partial charge >= 0.3 is 0 Å². The van der Waals surface area contributed by atoms with E-state index in [4.69, 9.17) is 4.74 Å². The number of hydrogen-bond donors (Lipinski definition) is 1. The van der Waals surface area contributed by atoms with Gasteiger partial charge in [-0.2, -0.15) is 17.0 Å². The molecule has 0 unspecified atom stereocenters. The lowest BCUT2D eigenvalue weighted by Crippen LogP contribution is -2.45. The lowest BCUT2D eigenvalue weighted by molar-refractivity contribution is 0.172. The Balaban J connectivity index is 4.56. The molecular formula is C13H31N3O3S. The monoisotopic (exact) mass is 309 g/mol. The second-order valence-corrected chi connectivity index (χ2v) is 7.32. The zero-order valence-electron chi connectivity index (χ0n) is 13.6. The number of hydrogen-bond acceptors (Lipinski definition) is 4. The predicted octanol–water partition coefficient (Wildman–Crippen LogP) is 0.767. The summed E-state index contributed by atoms with van der Waals surface area (Å²) in [6.45, 7) is 9.66. The van der Waals surface area contributed by atoms with E-state index in [1.165, 1.54) is 8.61 Å². The van der Waals surface area contributed by atoms with Crippen LogP contribution in [0.3, 0.4) is 0 Å². The van der Waals surface area contributed by atoms with Gasteiger partial charge in [-0.25, -0.2) is 0 Å². The molecule has 0 aliphatic rings. The second-order valence-electron chi connectivity index (χ2n) is 5.28. The van der Waals surface area contributed by atoms with Crippen LogP contribution in [0.4, 0.5) is 0 Å². The van der Waals surface area contributed by atoms with Crippen molar-refractivity contribution in [2.75, 3.05) is 53.5 Å². The van der Waals surface area contributed by atoms with Crippen LogP contribution < -0.4 is 5.32 Å². The molecule has 0 aromatic rings. The molecular weight excluding hydrogens is 278 g/mol. The van der Waals surface area contributed by atoms with Crippen LogP contribution in [-0.2, 0) is 14.9 Å². The molecule has 0 fully saturated rings. The van der Waals surface area contributed by atoms with Crippen LogP contribution in [-0.4, -0.2) is 70.5 Å². The summed E-state index contributed by atoms with van der Waals surface area (Å²) in [4.78, 5) is 0. The largest absolute Gasteiger partial charge is 0.383 e. The first-order valence-corrected chi connectivity index (χ1v) is 8.67. The molecule has 0 aromatic heterocycles. The van der Waals surface area contributed by atoms with Crippen LogP contribution in [0.5, 0.6) is 0 Å². The highest BCUT2D eigenvalue weighted by atomic mass is 32.2. The molecule has 0 aliphatic carbocycles. The Bertz CT molecular complexity index is 334. The predicted molar refractivity (Wildman–Crippen MR) is 83.0 cm³/mol. The van der Waals surface area contributed by atoms with E-state index in [2.05, 4.69) is 5.32 Å². The summed E-state index contributed by atoms with van der Waals surface area (Å²) in [6, 6.07) is 0. The average molecular weight is 309 g/mol. The topological polar surface area (TPSA) is 61.9 Å². The number of ether oxygens (including phenoxy) is 1. The van der Waals surface area contributed by atoms with Crippen molar-refractivity contribution in [1.29, 1.82) is 0 Å². The molecule has 7 heteroatoms. The summed E-state index contributed by atoms with van der Waals surface area (Å²) in [5.74, 6) is 0.289. The molecule has 20 heavy (non-hydrogen) atoms. The van der Waals surface area contributed by atoms with Gasteiger partial charge in [0.05, 0.1) is 6.61 Å². The van der Waals surface area contributed by atoms with Crippen molar-refractivity contribution in [2.24, 2.45) is 5.92 Å². The zero-order chi connectivity index (χ0) is 15.6. The van der Waals surface area contributed by atoms with Crippen molar-refractivity contribution in [1.82, 2.24) is 13.9 Å². The molecule has 122 valence electrons. The van der Waals surface area contributed by atoms with Crippen LogP contribution >= 0.6 is 0 Å². The van der Waals surface area contributed by atoms with E-state index in [1.807, 2.05) is 20.8 Å². The first kappa shape index (κ1) is 19.8. The van der Waals surface area contributed by atoms with Gasteiger partial charge in [-0.15, -0.1) is 0 Å². The molecule has 6 nitrogen and oxygen atoms in total. The Morgan fingerprint density at radius 2 is 1.90 bits per heavy atom. The maximum absolute atomic E-state index is 12.5. The van der Waals surface area contributed by atoms with Crippen molar-refractivity contribution in [3.05, 3.63) is 0 Å². The molecule has 0 heterocycles. The summed E-state index contributed by atoms with van der Waals surface area (Å²) in [5, 5.41) is 3.20. The summed E-state index contributed by atoms with van der Waals surface area (Å²) in [7, 11) is -0.173. The molecule has 0 rings (SSSR count). The Kier molecular flexibility index (Phi) is 10.4. The van der Waals surface area contributed by atoms with Gasteiger partial charge in [-0.3, -0.25) is 0 Å². The molecule has 0 amide bonds. The molecule has 0 aliphatic heterocycles. The fraction of sp³-hybridized carbons (Fsp3) is 1.00. The van der Waals surface area contributed by atoms with E-state index in [0.717, 1.165) is 19.5 Å². The van der Waals surface area contributed by atoms with E-state index >= 15 is 0 Å². The maximum Gasteiger partial charge on any atom is 0.281 e. The summed E-state index contributed by atoms with van der Waals surface area (Å²) in [5.41, 5.74) is 0.